The Morgan fingerprint density at radius 2 is 2.19 bits per heavy atom. The van der Waals surface area contributed by atoms with Crippen LogP contribution in [0, 0.1) is 0 Å². The molecule has 2 N–H and O–H groups in total. The smallest absolute Gasteiger partial charge is 0.315 e. The van der Waals surface area contributed by atoms with E-state index in [9.17, 15) is 5.11 Å². The Hall–Kier alpha value is -1.47. The first-order chi connectivity index (χ1) is 10.2. The van der Waals surface area contributed by atoms with Crippen molar-refractivity contribution in [2.24, 2.45) is 0 Å². The third-order valence-corrected chi connectivity index (χ3v) is 4.91. The third-order valence-electron chi connectivity index (χ3n) is 3.74. The molecule has 0 aromatic carbocycles. The van der Waals surface area contributed by atoms with Crippen LogP contribution in [-0.2, 0) is 6.54 Å². The maximum Gasteiger partial charge on any atom is 0.315 e. The summed E-state index contributed by atoms with van der Waals surface area (Å²) in [6.07, 6.45) is 7.34. The van der Waals surface area contributed by atoms with Gasteiger partial charge in [0.25, 0.3) is 0 Å². The summed E-state index contributed by atoms with van der Waals surface area (Å²) in [6, 6.07) is 0.461. The predicted molar refractivity (Wildman–Crippen MR) is 80.2 cm³/mol. The van der Waals surface area contributed by atoms with Gasteiger partial charge in [-0.25, -0.2) is 4.98 Å². The van der Waals surface area contributed by atoms with E-state index in [2.05, 4.69) is 20.5 Å². The first-order valence-electron chi connectivity index (χ1n) is 7.42. The highest BCUT2D eigenvalue weighted by Gasteiger charge is 2.21. The van der Waals surface area contributed by atoms with Gasteiger partial charge in [0.1, 0.15) is 11.1 Å². The predicted octanol–water partition coefficient (Wildman–Crippen LogP) is 3.24. The van der Waals surface area contributed by atoms with Gasteiger partial charge < -0.3 is 14.8 Å². The van der Waals surface area contributed by atoms with Crippen LogP contribution in [0.15, 0.2) is 10.6 Å². The number of nitrogens with zero attached hydrogens (tertiary/aromatic N) is 3. The third kappa shape index (κ3) is 3.59. The van der Waals surface area contributed by atoms with Crippen LogP contribution in [0.1, 0.15) is 66.8 Å². The maximum absolute atomic E-state index is 9.46. The number of aromatic nitrogens is 3. The summed E-state index contributed by atoms with van der Waals surface area (Å²) in [6.45, 7) is 2.29. The Bertz CT molecular complexity index is 575. The highest BCUT2D eigenvalue weighted by molar-refractivity contribution is 7.11. The Labute approximate surface area is 127 Å². The molecule has 1 fully saturated rings. The molecule has 1 aliphatic carbocycles. The van der Waals surface area contributed by atoms with E-state index in [4.69, 9.17) is 4.42 Å². The number of thiazole rings is 1. The summed E-state index contributed by atoms with van der Waals surface area (Å²) < 4.78 is 5.70. The quantitative estimate of drug-likeness (QED) is 0.882. The molecular formula is C14H20N4O2S. The van der Waals surface area contributed by atoms with Gasteiger partial charge in [-0.3, -0.25) is 0 Å². The molecule has 1 atom stereocenters. The van der Waals surface area contributed by atoms with Crippen LogP contribution in [0.25, 0.3) is 0 Å². The topological polar surface area (TPSA) is 84.1 Å². The van der Waals surface area contributed by atoms with Gasteiger partial charge in [0.15, 0.2) is 0 Å². The summed E-state index contributed by atoms with van der Waals surface area (Å²) >= 11 is 1.48. The van der Waals surface area contributed by atoms with Crippen molar-refractivity contribution in [1.29, 1.82) is 0 Å². The van der Waals surface area contributed by atoms with E-state index in [1.807, 2.05) is 0 Å². The highest BCUT2D eigenvalue weighted by Crippen LogP contribution is 2.32. The van der Waals surface area contributed by atoms with Crippen LogP contribution >= 0.6 is 11.3 Å². The van der Waals surface area contributed by atoms with Crippen molar-refractivity contribution in [3.63, 3.8) is 0 Å². The van der Waals surface area contributed by atoms with Gasteiger partial charge in [0, 0.05) is 17.0 Å². The molecule has 0 amide bonds. The monoisotopic (exact) mass is 308 g/mol. The number of hydrogen-bond acceptors (Lipinski definition) is 7. The SMILES string of the molecule is CC(O)c1ncc(CNc2nnc(C3CCCCC3)o2)s1. The van der Waals surface area contributed by atoms with Crippen LogP contribution in [0.2, 0.25) is 0 Å². The minimum atomic E-state index is -0.523. The summed E-state index contributed by atoms with van der Waals surface area (Å²) in [4.78, 5) is 5.20. The standard InChI is InChI=1S/C14H20N4O2S/c1-9(19)13-15-7-11(21-13)8-16-14-18-17-12(20-14)10-5-3-2-4-6-10/h7,9-10,19H,2-6,8H2,1H3,(H,16,18). The molecule has 2 aromatic heterocycles. The molecule has 0 radical (unpaired) electrons. The van der Waals surface area contributed by atoms with Gasteiger partial charge in [-0.15, -0.1) is 16.4 Å². The van der Waals surface area contributed by atoms with E-state index in [-0.39, 0.29) is 0 Å². The Morgan fingerprint density at radius 3 is 2.90 bits per heavy atom. The lowest BCUT2D eigenvalue weighted by molar-refractivity contribution is 0.199. The van der Waals surface area contributed by atoms with E-state index in [0.29, 0.717) is 18.5 Å². The van der Waals surface area contributed by atoms with Crippen LogP contribution in [0.4, 0.5) is 6.01 Å². The molecule has 0 saturated heterocycles. The number of rotatable bonds is 5. The molecule has 1 saturated carbocycles. The van der Waals surface area contributed by atoms with Crippen molar-refractivity contribution in [3.05, 3.63) is 22.0 Å². The molecule has 21 heavy (non-hydrogen) atoms. The van der Waals surface area contributed by atoms with Crippen LogP contribution in [0.5, 0.6) is 0 Å². The number of aliphatic hydroxyl groups is 1. The van der Waals surface area contributed by atoms with Gasteiger partial charge in [-0.2, -0.15) is 0 Å². The molecule has 0 aliphatic heterocycles. The Morgan fingerprint density at radius 1 is 1.38 bits per heavy atom. The van der Waals surface area contributed by atoms with Crippen LogP contribution in [-0.4, -0.2) is 20.3 Å². The van der Waals surface area contributed by atoms with Gasteiger partial charge >= 0.3 is 6.01 Å². The van der Waals surface area contributed by atoms with Gasteiger partial charge in [0.05, 0.1) is 6.54 Å². The van der Waals surface area contributed by atoms with Gasteiger partial charge in [0.2, 0.25) is 5.89 Å². The number of aliphatic hydroxyl groups excluding tert-OH is 1. The van der Waals surface area contributed by atoms with E-state index in [1.54, 1.807) is 13.1 Å². The molecule has 1 aliphatic rings. The van der Waals surface area contributed by atoms with Gasteiger partial charge in [-0.1, -0.05) is 24.4 Å². The minimum Gasteiger partial charge on any atom is -0.408 e. The van der Waals surface area contributed by atoms with E-state index in [0.717, 1.165) is 28.6 Å². The van der Waals surface area contributed by atoms with Gasteiger partial charge in [-0.05, 0) is 19.8 Å². The van der Waals surface area contributed by atoms with E-state index in [1.165, 1.54) is 30.6 Å². The molecule has 1 unspecified atom stereocenters. The minimum absolute atomic E-state index is 0.423. The summed E-state index contributed by atoms with van der Waals surface area (Å²) in [5.41, 5.74) is 0. The molecule has 3 rings (SSSR count). The molecule has 114 valence electrons. The fraction of sp³-hybridized carbons (Fsp3) is 0.643. The van der Waals surface area contributed by atoms with Crippen LogP contribution < -0.4 is 5.32 Å². The van der Waals surface area contributed by atoms with E-state index < -0.39 is 6.10 Å². The molecule has 0 spiro atoms. The average molecular weight is 308 g/mol. The second-order valence-corrected chi connectivity index (χ2v) is 6.62. The van der Waals surface area contributed by atoms with Crippen LogP contribution in [0.3, 0.4) is 0 Å². The van der Waals surface area contributed by atoms with Crippen molar-refractivity contribution in [2.75, 3.05) is 5.32 Å². The molecular weight excluding hydrogens is 288 g/mol. The Balaban J connectivity index is 1.56. The zero-order valence-electron chi connectivity index (χ0n) is 12.1. The summed E-state index contributed by atoms with van der Waals surface area (Å²) in [5.74, 6) is 1.18. The van der Waals surface area contributed by atoms with Crippen molar-refractivity contribution in [2.45, 2.75) is 57.6 Å². The number of hydrogen-bond donors (Lipinski definition) is 2. The molecule has 2 aromatic rings. The average Bonchev–Trinajstić information content (AvgIpc) is 3.15. The van der Waals surface area contributed by atoms with Crippen molar-refractivity contribution < 1.29 is 9.52 Å². The maximum atomic E-state index is 9.46. The Kier molecular flexibility index (Phi) is 4.50. The first-order valence-corrected chi connectivity index (χ1v) is 8.24. The summed E-state index contributed by atoms with van der Waals surface area (Å²) in [7, 11) is 0. The number of nitrogens with one attached hydrogen (secondary N) is 1. The second-order valence-electron chi connectivity index (χ2n) is 5.47. The zero-order chi connectivity index (χ0) is 14.7. The lowest BCUT2D eigenvalue weighted by Crippen LogP contribution is -2.04. The molecule has 0 bridgehead atoms. The fourth-order valence-electron chi connectivity index (χ4n) is 2.58. The highest BCUT2D eigenvalue weighted by atomic mass is 32.1. The summed E-state index contributed by atoms with van der Waals surface area (Å²) in [5, 5.41) is 21.5. The second kappa shape index (κ2) is 6.53. The van der Waals surface area contributed by atoms with Crippen molar-refractivity contribution in [1.82, 2.24) is 15.2 Å². The number of anilines is 1. The lowest BCUT2D eigenvalue weighted by atomic mass is 9.89. The molecule has 6 nitrogen and oxygen atoms in total. The van der Waals surface area contributed by atoms with Crippen molar-refractivity contribution in [3.8, 4) is 0 Å². The van der Waals surface area contributed by atoms with E-state index >= 15 is 0 Å². The normalized spacial score (nSPS) is 17.8. The largest absolute Gasteiger partial charge is 0.408 e. The first kappa shape index (κ1) is 14.5. The lowest BCUT2D eigenvalue weighted by Gasteiger charge is -2.17. The molecule has 7 heteroatoms. The van der Waals surface area contributed by atoms with Crippen molar-refractivity contribution >= 4 is 17.4 Å². The fourth-order valence-corrected chi connectivity index (χ4v) is 3.38. The molecule has 2 heterocycles. The zero-order valence-corrected chi connectivity index (χ0v) is 12.9.